The molecule has 2 rings (SSSR count). The van der Waals surface area contributed by atoms with Crippen LogP contribution in [0.15, 0.2) is 22.7 Å². The largest absolute Gasteiger partial charge is 0.496 e. The summed E-state index contributed by atoms with van der Waals surface area (Å²) in [6, 6.07) is 4.66. The van der Waals surface area contributed by atoms with Gasteiger partial charge in [0.1, 0.15) is 11.8 Å². The lowest BCUT2D eigenvalue weighted by Crippen LogP contribution is -2.34. The average Bonchev–Trinajstić information content (AvgIpc) is 3.01. The van der Waals surface area contributed by atoms with E-state index in [9.17, 15) is 9.90 Å². The fourth-order valence-electron chi connectivity index (χ4n) is 2.61. The van der Waals surface area contributed by atoms with E-state index in [1.165, 1.54) is 7.11 Å². The van der Waals surface area contributed by atoms with Gasteiger partial charge in [0.05, 0.1) is 13.7 Å². The van der Waals surface area contributed by atoms with Gasteiger partial charge < -0.3 is 14.4 Å². The van der Waals surface area contributed by atoms with E-state index >= 15 is 0 Å². The van der Waals surface area contributed by atoms with Crippen LogP contribution >= 0.6 is 0 Å². The molecule has 0 saturated heterocycles. The monoisotopic (exact) mass is 333 g/mol. The maximum absolute atomic E-state index is 12.0. The molecule has 0 aliphatic carbocycles. The van der Waals surface area contributed by atoms with Crippen molar-refractivity contribution in [1.82, 2.24) is 15.0 Å². The van der Waals surface area contributed by atoms with Crippen LogP contribution in [-0.2, 0) is 17.8 Å². The third kappa shape index (κ3) is 3.91. The molecule has 0 bridgehead atoms. The standard InChI is InChI=1S/C17H23N3O4/c1-5-14-18-15(24-19-14)10-20(6-2)16(17(21)22)12-9-11(3)7-8-13(12)23-4/h7-9,16H,5-6,10H2,1-4H3,(H,21,22). The minimum atomic E-state index is -0.948. The zero-order valence-corrected chi connectivity index (χ0v) is 14.4. The highest BCUT2D eigenvalue weighted by Crippen LogP contribution is 2.31. The third-order valence-electron chi connectivity index (χ3n) is 3.85. The molecule has 1 heterocycles. The van der Waals surface area contributed by atoms with Gasteiger partial charge in [-0.25, -0.2) is 0 Å². The van der Waals surface area contributed by atoms with Crippen LogP contribution < -0.4 is 4.74 Å². The Bertz CT molecular complexity index is 699. The van der Waals surface area contributed by atoms with E-state index in [0.29, 0.717) is 36.0 Å². The number of likely N-dealkylation sites (N-methyl/N-ethyl adjacent to an activating group) is 1. The number of carboxylic acid groups (broad SMARTS) is 1. The highest BCUT2D eigenvalue weighted by atomic mass is 16.5. The Balaban J connectivity index is 2.37. The average molecular weight is 333 g/mol. The Morgan fingerprint density at radius 3 is 2.71 bits per heavy atom. The van der Waals surface area contributed by atoms with E-state index < -0.39 is 12.0 Å². The fourth-order valence-corrected chi connectivity index (χ4v) is 2.61. The molecule has 0 fully saturated rings. The predicted octanol–water partition coefficient (Wildman–Crippen LogP) is 2.60. The van der Waals surface area contributed by atoms with Crippen LogP contribution in [0.25, 0.3) is 0 Å². The van der Waals surface area contributed by atoms with Crippen LogP contribution in [0.2, 0.25) is 0 Å². The molecule has 0 radical (unpaired) electrons. The van der Waals surface area contributed by atoms with Crippen LogP contribution in [0.1, 0.15) is 42.7 Å². The quantitative estimate of drug-likeness (QED) is 0.794. The molecule has 2 aromatic rings. The molecule has 1 atom stereocenters. The number of carboxylic acids is 1. The van der Waals surface area contributed by atoms with Crippen LogP contribution in [0.3, 0.4) is 0 Å². The van der Waals surface area contributed by atoms with Crippen molar-refractivity contribution in [3.63, 3.8) is 0 Å². The van der Waals surface area contributed by atoms with Gasteiger partial charge in [0.15, 0.2) is 5.82 Å². The fraction of sp³-hybridized carbons (Fsp3) is 0.471. The Labute approximate surface area is 141 Å². The number of rotatable bonds is 8. The normalized spacial score (nSPS) is 12.4. The molecule has 24 heavy (non-hydrogen) atoms. The minimum absolute atomic E-state index is 0.261. The van der Waals surface area contributed by atoms with Crippen LogP contribution in [-0.4, -0.2) is 39.8 Å². The molecule has 1 aromatic carbocycles. The summed E-state index contributed by atoms with van der Waals surface area (Å²) in [7, 11) is 1.54. The van der Waals surface area contributed by atoms with Crippen molar-refractivity contribution in [2.45, 2.75) is 39.8 Å². The Kier molecular flexibility index (Phi) is 5.92. The summed E-state index contributed by atoms with van der Waals surface area (Å²) >= 11 is 0. The summed E-state index contributed by atoms with van der Waals surface area (Å²) in [6.45, 7) is 6.53. The van der Waals surface area contributed by atoms with Gasteiger partial charge in [0, 0.05) is 12.0 Å². The van der Waals surface area contributed by atoms with E-state index in [1.54, 1.807) is 11.0 Å². The number of methoxy groups -OCH3 is 1. The van der Waals surface area contributed by atoms with Crippen molar-refractivity contribution >= 4 is 5.97 Å². The van der Waals surface area contributed by atoms with E-state index in [-0.39, 0.29) is 6.54 Å². The van der Waals surface area contributed by atoms with Crippen LogP contribution in [0, 0.1) is 6.92 Å². The zero-order valence-electron chi connectivity index (χ0n) is 14.4. The van der Waals surface area contributed by atoms with Gasteiger partial charge >= 0.3 is 5.97 Å². The first-order valence-corrected chi connectivity index (χ1v) is 7.92. The molecule has 0 spiro atoms. The van der Waals surface area contributed by atoms with E-state index in [1.807, 2.05) is 32.9 Å². The summed E-state index contributed by atoms with van der Waals surface area (Å²) in [5.41, 5.74) is 1.58. The molecule has 7 heteroatoms. The molecule has 1 unspecified atom stereocenters. The third-order valence-corrected chi connectivity index (χ3v) is 3.85. The molecule has 130 valence electrons. The van der Waals surface area contributed by atoms with Gasteiger partial charge in [0.25, 0.3) is 0 Å². The van der Waals surface area contributed by atoms with Crippen LogP contribution in [0.5, 0.6) is 5.75 Å². The maximum atomic E-state index is 12.0. The first-order chi connectivity index (χ1) is 11.5. The number of hydrogen-bond donors (Lipinski definition) is 1. The van der Waals surface area contributed by atoms with E-state index in [0.717, 1.165) is 5.56 Å². The zero-order chi connectivity index (χ0) is 17.7. The van der Waals surface area contributed by atoms with Crippen molar-refractivity contribution in [2.24, 2.45) is 0 Å². The Morgan fingerprint density at radius 2 is 2.17 bits per heavy atom. The van der Waals surface area contributed by atoms with Crippen LogP contribution in [0.4, 0.5) is 0 Å². The molecular formula is C17H23N3O4. The number of hydrogen-bond acceptors (Lipinski definition) is 6. The predicted molar refractivity (Wildman–Crippen MR) is 87.9 cm³/mol. The molecule has 0 saturated carbocycles. The van der Waals surface area contributed by atoms with Crippen molar-refractivity contribution in [3.8, 4) is 5.75 Å². The summed E-state index contributed by atoms with van der Waals surface area (Å²) < 4.78 is 10.6. The highest BCUT2D eigenvalue weighted by molar-refractivity contribution is 5.77. The molecular weight excluding hydrogens is 310 g/mol. The first kappa shape index (κ1) is 17.9. The second kappa shape index (κ2) is 7.92. The van der Waals surface area contributed by atoms with Gasteiger partial charge in [-0.2, -0.15) is 4.98 Å². The molecule has 0 amide bonds. The van der Waals surface area contributed by atoms with Gasteiger partial charge in [-0.15, -0.1) is 0 Å². The Hall–Kier alpha value is -2.41. The lowest BCUT2D eigenvalue weighted by molar-refractivity contribution is -0.144. The van der Waals surface area contributed by atoms with Gasteiger partial charge in [-0.3, -0.25) is 9.69 Å². The van der Waals surface area contributed by atoms with E-state index in [4.69, 9.17) is 9.26 Å². The van der Waals surface area contributed by atoms with Crippen molar-refractivity contribution < 1.29 is 19.2 Å². The van der Waals surface area contributed by atoms with Crippen molar-refractivity contribution in [3.05, 3.63) is 41.0 Å². The number of carbonyl (C=O) groups is 1. The number of ether oxygens (including phenoxy) is 1. The lowest BCUT2D eigenvalue weighted by Gasteiger charge is -2.27. The number of aliphatic carboxylic acids is 1. The first-order valence-electron chi connectivity index (χ1n) is 7.92. The molecule has 0 aliphatic heterocycles. The second-order valence-electron chi connectivity index (χ2n) is 5.51. The number of aryl methyl sites for hydroxylation is 2. The number of nitrogens with zero attached hydrogens (tertiary/aromatic N) is 3. The Morgan fingerprint density at radius 1 is 1.42 bits per heavy atom. The molecule has 7 nitrogen and oxygen atoms in total. The summed E-state index contributed by atoms with van der Waals surface area (Å²) in [5, 5.41) is 13.7. The minimum Gasteiger partial charge on any atom is -0.496 e. The smallest absolute Gasteiger partial charge is 0.325 e. The van der Waals surface area contributed by atoms with Gasteiger partial charge in [-0.05, 0) is 19.5 Å². The summed E-state index contributed by atoms with van der Waals surface area (Å²) in [4.78, 5) is 18.0. The van der Waals surface area contributed by atoms with E-state index in [2.05, 4.69) is 10.1 Å². The number of benzene rings is 1. The van der Waals surface area contributed by atoms with Gasteiger partial charge in [-0.1, -0.05) is 36.7 Å². The van der Waals surface area contributed by atoms with Crippen molar-refractivity contribution in [2.75, 3.05) is 13.7 Å². The molecule has 1 aromatic heterocycles. The molecule has 1 N–H and O–H groups in total. The highest BCUT2D eigenvalue weighted by Gasteiger charge is 2.30. The number of aromatic nitrogens is 2. The lowest BCUT2D eigenvalue weighted by atomic mass is 10.0. The summed E-state index contributed by atoms with van der Waals surface area (Å²) in [6.07, 6.45) is 0.670. The summed E-state index contributed by atoms with van der Waals surface area (Å²) in [5.74, 6) is 0.620. The maximum Gasteiger partial charge on any atom is 0.325 e. The molecule has 0 aliphatic rings. The van der Waals surface area contributed by atoms with Gasteiger partial charge in [0.2, 0.25) is 5.89 Å². The topological polar surface area (TPSA) is 88.7 Å². The van der Waals surface area contributed by atoms with Crippen molar-refractivity contribution in [1.29, 1.82) is 0 Å². The second-order valence-corrected chi connectivity index (χ2v) is 5.51. The SMILES string of the molecule is CCc1noc(CN(CC)C(C(=O)O)c2cc(C)ccc2OC)n1.